The molecule has 8 heteroatoms. The van der Waals surface area contributed by atoms with Crippen molar-refractivity contribution in [3.8, 4) is 0 Å². The van der Waals surface area contributed by atoms with Gasteiger partial charge < -0.3 is 5.73 Å². The summed E-state index contributed by atoms with van der Waals surface area (Å²) in [4.78, 5) is -0.684. The summed E-state index contributed by atoms with van der Waals surface area (Å²) in [5, 5.41) is 0.174. The Bertz CT molecular complexity index is 608. The monoisotopic (exact) mass is 322 g/mol. The number of nitrogens with zero attached hydrogens (tertiary/aromatic N) is 1. The molecule has 1 fully saturated rings. The van der Waals surface area contributed by atoms with Crippen LogP contribution in [0.2, 0.25) is 0 Å². The van der Waals surface area contributed by atoms with Crippen LogP contribution in [0.5, 0.6) is 0 Å². The zero-order valence-corrected chi connectivity index (χ0v) is 12.6. The van der Waals surface area contributed by atoms with Gasteiger partial charge in [-0.25, -0.2) is 17.2 Å². The van der Waals surface area contributed by atoms with Gasteiger partial charge in [-0.2, -0.15) is 16.1 Å². The quantitative estimate of drug-likeness (QED) is 0.865. The SMILES string of the molecule is CCC1CN(S(=O)(=O)c2cc(N)cc(F)c2F)CCS1. The number of nitrogen functional groups attached to an aromatic ring is 1. The molecule has 0 saturated carbocycles. The van der Waals surface area contributed by atoms with Gasteiger partial charge in [0, 0.05) is 29.8 Å². The fraction of sp³-hybridized carbons (Fsp3) is 0.500. The fourth-order valence-corrected chi connectivity index (χ4v) is 5.05. The predicted molar refractivity (Wildman–Crippen MR) is 76.1 cm³/mol. The summed E-state index contributed by atoms with van der Waals surface area (Å²) in [5.41, 5.74) is 5.30. The van der Waals surface area contributed by atoms with Crippen molar-refractivity contribution in [2.75, 3.05) is 24.6 Å². The van der Waals surface area contributed by atoms with Gasteiger partial charge in [0.1, 0.15) is 4.90 Å². The van der Waals surface area contributed by atoms with E-state index in [-0.39, 0.29) is 10.9 Å². The van der Waals surface area contributed by atoms with Gasteiger partial charge in [0.25, 0.3) is 0 Å². The zero-order chi connectivity index (χ0) is 14.9. The topological polar surface area (TPSA) is 63.4 Å². The van der Waals surface area contributed by atoms with Crippen LogP contribution in [-0.2, 0) is 10.0 Å². The molecular formula is C12H16F2N2O2S2. The minimum Gasteiger partial charge on any atom is -0.399 e. The molecule has 20 heavy (non-hydrogen) atoms. The van der Waals surface area contributed by atoms with Gasteiger partial charge in [0.2, 0.25) is 10.0 Å². The van der Waals surface area contributed by atoms with E-state index >= 15 is 0 Å². The molecule has 2 rings (SSSR count). The van der Waals surface area contributed by atoms with E-state index in [0.29, 0.717) is 18.8 Å². The lowest BCUT2D eigenvalue weighted by molar-refractivity contribution is 0.408. The molecule has 1 aliphatic heterocycles. The molecule has 0 bridgehead atoms. The van der Waals surface area contributed by atoms with E-state index < -0.39 is 26.6 Å². The fourth-order valence-electron chi connectivity index (χ4n) is 2.07. The van der Waals surface area contributed by atoms with Crippen molar-refractivity contribution in [1.29, 1.82) is 0 Å². The Morgan fingerprint density at radius 2 is 2.15 bits per heavy atom. The number of benzene rings is 1. The number of sulfonamides is 1. The van der Waals surface area contributed by atoms with E-state index in [9.17, 15) is 17.2 Å². The van der Waals surface area contributed by atoms with E-state index in [1.807, 2.05) is 6.92 Å². The zero-order valence-electron chi connectivity index (χ0n) is 11.0. The third-order valence-electron chi connectivity index (χ3n) is 3.19. The number of thioether (sulfide) groups is 1. The average molecular weight is 322 g/mol. The Labute approximate surface area is 121 Å². The van der Waals surface area contributed by atoms with Crippen molar-refractivity contribution in [3.05, 3.63) is 23.8 Å². The highest BCUT2D eigenvalue weighted by Gasteiger charge is 2.33. The van der Waals surface area contributed by atoms with Crippen molar-refractivity contribution in [2.45, 2.75) is 23.5 Å². The molecule has 2 N–H and O–H groups in total. The van der Waals surface area contributed by atoms with Gasteiger partial charge >= 0.3 is 0 Å². The largest absolute Gasteiger partial charge is 0.399 e. The van der Waals surface area contributed by atoms with Crippen LogP contribution in [0.3, 0.4) is 0 Å². The molecule has 1 saturated heterocycles. The van der Waals surface area contributed by atoms with Gasteiger partial charge in [-0.15, -0.1) is 0 Å². The molecule has 1 aromatic carbocycles. The second kappa shape index (κ2) is 5.87. The van der Waals surface area contributed by atoms with E-state index in [1.165, 1.54) is 4.31 Å². The number of halogens is 2. The van der Waals surface area contributed by atoms with Crippen molar-refractivity contribution < 1.29 is 17.2 Å². The van der Waals surface area contributed by atoms with Crippen LogP contribution in [0.1, 0.15) is 13.3 Å². The lowest BCUT2D eigenvalue weighted by Gasteiger charge is -2.31. The molecular weight excluding hydrogens is 306 g/mol. The van der Waals surface area contributed by atoms with Crippen molar-refractivity contribution in [1.82, 2.24) is 4.31 Å². The lowest BCUT2D eigenvalue weighted by atomic mass is 10.3. The van der Waals surface area contributed by atoms with Crippen LogP contribution in [-0.4, -0.2) is 36.8 Å². The summed E-state index contributed by atoms with van der Waals surface area (Å²) < 4.78 is 53.2. The predicted octanol–water partition coefficient (Wildman–Crippen LogP) is 2.06. The van der Waals surface area contributed by atoms with Crippen LogP contribution in [0.25, 0.3) is 0 Å². The second-order valence-corrected chi connectivity index (χ2v) is 7.89. The third kappa shape index (κ3) is 2.91. The first kappa shape index (κ1) is 15.5. The van der Waals surface area contributed by atoms with Crippen LogP contribution >= 0.6 is 11.8 Å². The van der Waals surface area contributed by atoms with E-state index in [2.05, 4.69) is 0 Å². The Morgan fingerprint density at radius 1 is 1.45 bits per heavy atom. The molecule has 0 spiro atoms. The Hall–Kier alpha value is -0.860. The summed E-state index contributed by atoms with van der Waals surface area (Å²) in [6.45, 7) is 2.56. The Morgan fingerprint density at radius 3 is 2.80 bits per heavy atom. The van der Waals surface area contributed by atoms with Crippen LogP contribution in [0.4, 0.5) is 14.5 Å². The summed E-state index contributed by atoms with van der Waals surface area (Å²) in [5.74, 6) is -1.98. The molecule has 1 unspecified atom stereocenters. The number of nitrogens with two attached hydrogens (primary N) is 1. The summed E-state index contributed by atoms with van der Waals surface area (Å²) >= 11 is 1.69. The standard InChI is InChI=1S/C12H16F2N2O2S2/c1-2-9-7-16(3-4-19-9)20(17,18)11-6-8(15)5-10(13)12(11)14/h5-6,9H,2-4,7,15H2,1H3. The molecule has 0 aromatic heterocycles. The number of anilines is 1. The maximum Gasteiger partial charge on any atom is 0.246 e. The lowest BCUT2D eigenvalue weighted by Crippen LogP contribution is -2.42. The second-order valence-electron chi connectivity index (χ2n) is 4.58. The minimum atomic E-state index is -4.06. The van der Waals surface area contributed by atoms with Gasteiger partial charge in [-0.1, -0.05) is 6.92 Å². The first-order chi connectivity index (χ1) is 9.36. The summed E-state index contributed by atoms with van der Waals surface area (Å²) in [6, 6.07) is 1.74. The van der Waals surface area contributed by atoms with E-state index in [4.69, 9.17) is 5.73 Å². The maximum atomic E-state index is 13.8. The maximum absolute atomic E-state index is 13.8. The van der Waals surface area contributed by atoms with Crippen molar-refractivity contribution in [2.24, 2.45) is 0 Å². The first-order valence-corrected chi connectivity index (χ1v) is 8.71. The Kier molecular flexibility index (Phi) is 4.55. The van der Waals surface area contributed by atoms with Crippen LogP contribution < -0.4 is 5.73 Å². The highest BCUT2D eigenvalue weighted by Crippen LogP contribution is 2.29. The number of hydrogen-bond donors (Lipinski definition) is 1. The molecule has 0 amide bonds. The third-order valence-corrected chi connectivity index (χ3v) is 6.43. The van der Waals surface area contributed by atoms with Crippen molar-refractivity contribution >= 4 is 27.5 Å². The van der Waals surface area contributed by atoms with Gasteiger partial charge in [-0.05, 0) is 18.6 Å². The van der Waals surface area contributed by atoms with Crippen LogP contribution in [0.15, 0.2) is 17.0 Å². The Balaban J connectivity index is 2.40. The molecule has 0 radical (unpaired) electrons. The molecule has 1 heterocycles. The summed E-state index contributed by atoms with van der Waals surface area (Å²) in [7, 11) is -4.06. The van der Waals surface area contributed by atoms with E-state index in [1.54, 1.807) is 11.8 Å². The average Bonchev–Trinajstić information content (AvgIpc) is 2.42. The highest BCUT2D eigenvalue weighted by atomic mass is 32.2. The van der Waals surface area contributed by atoms with Crippen molar-refractivity contribution in [3.63, 3.8) is 0 Å². The van der Waals surface area contributed by atoms with Gasteiger partial charge in [-0.3, -0.25) is 0 Å². The normalized spacial score (nSPS) is 21.1. The molecule has 0 aliphatic carbocycles. The van der Waals surface area contributed by atoms with Gasteiger partial charge in [0.05, 0.1) is 0 Å². The van der Waals surface area contributed by atoms with Gasteiger partial charge in [0.15, 0.2) is 11.6 Å². The molecule has 1 aliphatic rings. The highest BCUT2D eigenvalue weighted by molar-refractivity contribution is 8.00. The number of hydrogen-bond acceptors (Lipinski definition) is 4. The van der Waals surface area contributed by atoms with Crippen LogP contribution in [0, 0.1) is 11.6 Å². The molecule has 1 aromatic rings. The minimum absolute atomic E-state index is 0.110. The smallest absolute Gasteiger partial charge is 0.246 e. The number of rotatable bonds is 3. The molecule has 4 nitrogen and oxygen atoms in total. The first-order valence-electron chi connectivity index (χ1n) is 6.22. The summed E-state index contributed by atoms with van der Waals surface area (Å²) in [6.07, 6.45) is 0.824. The molecule has 112 valence electrons. The van der Waals surface area contributed by atoms with E-state index in [0.717, 1.165) is 18.6 Å². The molecule has 1 atom stereocenters.